The van der Waals surface area contributed by atoms with Gasteiger partial charge in [-0.1, -0.05) is 27.7 Å². The number of pyridine rings is 1. The Bertz CT molecular complexity index is 1410. The van der Waals surface area contributed by atoms with Gasteiger partial charge in [0.1, 0.15) is 17.9 Å². The van der Waals surface area contributed by atoms with Gasteiger partial charge in [-0.25, -0.2) is 24.5 Å². The molecule has 3 aliphatic rings. The van der Waals surface area contributed by atoms with Crippen LogP contribution >= 0.6 is 0 Å². The summed E-state index contributed by atoms with van der Waals surface area (Å²) < 4.78 is 16.6. The van der Waals surface area contributed by atoms with Crippen LogP contribution in [-0.4, -0.2) is 116 Å². The van der Waals surface area contributed by atoms with Crippen molar-refractivity contribution in [1.82, 2.24) is 30.1 Å². The fourth-order valence-corrected chi connectivity index (χ4v) is 5.81. The topological polar surface area (TPSA) is 134 Å². The minimum atomic E-state index is -0.112. The quantitative estimate of drug-likeness (QED) is 0.314. The highest BCUT2D eigenvalue weighted by Crippen LogP contribution is 2.32. The highest BCUT2D eigenvalue weighted by atomic mass is 16.5. The van der Waals surface area contributed by atoms with E-state index in [0.717, 1.165) is 54.1 Å². The Morgan fingerprint density at radius 3 is 2.21 bits per heavy atom. The molecule has 3 fully saturated rings. The second kappa shape index (κ2) is 19.6. The Kier molecular flexibility index (Phi) is 14.9. The van der Waals surface area contributed by atoms with E-state index in [4.69, 9.17) is 14.2 Å². The molecule has 0 spiro atoms. The number of rotatable bonds is 8. The third-order valence-corrected chi connectivity index (χ3v) is 8.31. The van der Waals surface area contributed by atoms with E-state index in [9.17, 15) is 9.59 Å². The molecule has 0 atom stereocenters. The highest BCUT2D eigenvalue weighted by Gasteiger charge is 2.26. The summed E-state index contributed by atoms with van der Waals surface area (Å²) in [5.41, 5.74) is 2.53. The van der Waals surface area contributed by atoms with Gasteiger partial charge in [0, 0.05) is 63.2 Å². The molecule has 13 heteroatoms. The molecule has 0 radical (unpaired) electrons. The summed E-state index contributed by atoms with van der Waals surface area (Å²) in [6, 6.07) is 9.58. The van der Waals surface area contributed by atoms with Crippen LogP contribution in [0.2, 0.25) is 0 Å². The zero-order valence-electron chi connectivity index (χ0n) is 28.9. The van der Waals surface area contributed by atoms with Crippen LogP contribution in [0.25, 0.3) is 10.9 Å². The lowest BCUT2D eigenvalue weighted by molar-refractivity contribution is 0.0532. The number of hydrogen-bond acceptors (Lipinski definition) is 9. The number of carbonyl (C=O) groups is 2. The van der Waals surface area contributed by atoms with Crippen LogP contribution in [0.3, 0.4) is 0 Å². The van der Waals surface area contributed by atoms with Crippen molar-refractivity contribution in [2.45, 2.75) is 52.9 Å². The van der Waals surface area contributed by atoms with E-state index in [2.05, 4.69) is 30.5 Å². The molecule has 0 bridgehead atoms. The fourth-order valence-electron chi connectivity index (χ4n) is 5.81. The summed E-state index contributed by atoms with van der Waals surface area (Å²) in [6.45, 7) is 15.8. The lowest BCUT2D eigenvalue weighted by Gasteiger charge is -2.32. The molecule has 3 aliphatic heterocycles. The van der Waals surface area contributed by atoms with Gasteiger partial charge >= 0.3 is 12.1 Å². The van der Waals surface area contributed by atoms with Crippen LogP contribution in [0.15, 0.2) is 42.9 Å². The molecular weight excluding hydrogens is 612 g/mol. The number of nitrogens with zero attached hydrogens (tertiary/aromatic N) is 6. The van der Waals surface area contributed by atoms with Gasteiger partial charge < -0.3 is 39.5 Å². The van der Waals surface area contributed by atoms with Crippen molar-refractivity contribution in [2.75, 3.05) is 89.1 Å². The van der Waals surface area contributed by atoms with Gasteiger partial charge in [-0.3, -0.25) is 0 Å². The smallest absolute Gasteiger partial charge is 0.321 e. The predicted octanol–water partition coefficient (Wildman–Crippen LogP) is 5.14. The number of nitrogens with one attached hydrogen (secondary N) is 2. The van der Waals surface area contributed by atoms with Gasteiger partial charge in [-0.15, -0.1) is 0 Å². The predicted molar refractivity (Wildman–Crippen MR) is 188 cm³/mol. The number of ether oxygens (including phenoxy) is 3. The van der Waals surface area contributed by atoms with Crippen LogP contribution in [-0.2, 0) is 9.47 Å². The number of fused-ring (bicyclic) bond motifs is 1. The van der Waals surface area contributed by atoms with Crippen LogP contribution in [0.5, 0.6) is 5.75 Å². The summed E-state index contributed by atoms with van der Waals surface area (Å²) in [5, 5.41) is 6.94. The molecule has 262 valence electrons. The molecule has 6 rings (SSSR count). The van der Waals surface area contributed by atoms with Crippen molar-refractivity contribution >= 4 is 34.5 Å². The van der Waals surface area contributed by atoms with Crippen molar-refractivity contribution in [3.8, 4) is 5.75 Å². The normalized spacial score (nSPS) is 16.6. The van der Waals surface area contributed by atoms with Gasteiger partial charge in [0.25, 0.3) is 0 Å². The molecule has 5 heterocycles. The molecule has 0 aliphatic carbocycles. The Morgan fingerprint density at radius 1 is 0.833 bits per heavy atom. The van der Waals surface area contributed by atoms with E-state index >= 15 is 0 Å². The van der Waals surface area contributed by atoms with E-state index in [1.807, 2.05) is 62.9 Å². The number of anilines is 2. The molecule has 2 N–H and O–H groups in total. The third-order valence-electron chi connectivity index (χ3n) is 8.31. The maximum atomic E-state index is 13.0. The maximum Gasteiger partial charge on any atom is 0.321 e. The van der Waals surface area contributed by atoms with E-state index in [1.54, 1.807) is 17.4 Å². The monoisotopic (exact) mass is 664 g/mol. The summed E-state index contributed by atoms with van der Waals surface area (Å²) in [7, 11) is 0. The maximum absolute atomic E-state index is 13.0. The SMILES string of the molecule is CC.CC.O=C(NCCCOc1ccc2c(C3CCN(C(=O)Nc4ccc(N5CCOCC5)nc4)CC3)ncnc2c1)N1CCOCC1. The van der Waals surface area contributed by atoms with Crippen molar-refractivity contribution in [3.63, 3.8) is 0 Å². The minimum absolute atomic E-state index is 0.0543. The Morgan fingerprint density at radius 2 is 1.52 bits per heavy atom. The second-order valence-electron chi connectivity index (χ2n) is 11.2. The summed E-state index contributed by atoms with van der Waals surface area (Å²) in [4.78, 5) is 44.6. The Hall–Kier alpha value is -4.23. The lowest BCUT2D eigenvalue weighted by Crippen LogP contribution is -2.46. The number of carbonyl (C=O) groups excluding carboxylic acids is 2. The molecule has 2 aromatic heterocycles. The molecular formula is C35H52N8O5. The zero-order chi connectivity index (χ0) is 34.1. The van der Waals surface area contributed by atoms with Crippen LogP contribution in [0.1, 0.15) is 58.6 Å². The first-order valence-electron chi connectivity index (χ1n) is 17.5. The summed E-state index contributed by atoms with van der Waals surface area (Å²) in [6.07, 6.45) is 5.66. The lowest BCUT2D eigenvalue weighted by atomic mass is 9.91. The van der Waals surface area contributed by atoms with Gasteiger partial charge in [-0.2, -0.15) is 0 Å². The largest absolute Gasteiger partial charge is 0.493 e. The minimum Gasteiger partial charge on any atom is -0.493 e. The van der Waals surface area contributed by atoms with Gasteiger partial charge in [0.15, 0.2) is 0 Å². The molecule has 13 nitrogen and oxygen atoms in total. The average molecular weight is 665 g/mol. The molecule has 48 heavy (non-hydrogen) atoms. The molecule has 3 saturated heterocycles. The first kappa shape index (κ1) is 36.6. The van der Waals surface area contributed by atoms with Crippen LogP contribution < -0.4 is 20.3 Å². The number of piperidine rings is 1. The highest BCUT2D eigenvalue weighted by molar-refractivity contribution is 5.89. The number of hydrogen-bond donors (Lipinski definition) is 2. The fraction of sp³-hybridized carbons (Fsp3) is 0.571. The number of likely N-dealkylation sites (tertiary alicyclic amines) is 1. The summed E-state index contributed by atoms with van der Waals surface area (Å²) in [5.74, 6) is 1.87. The second-order valence-corrected chi connectivity index (χ2v) is 11.2. The van der Waals surface area contributed by atoms with Crippen molar-refractivity contribution in [3.05, 3.63) is 48.5 Å². The average Bonchev–Trinajstić information content (AvgIpc) is 3.17. The van der Waals surface area contributed by atoms with E-state index in [-0.39, 0.29) is 18.0 Å². The number of urea groups is 2. The standard InChI is InChI=1S/C31H40N8O5.2C2H6/c40-30(39-13-18-43-19-14-39)32-8-1-15-44-25-3-4-26-27(20-25)34-22-35-29(26)23-6-9-38(10-7-23)31(41)36-24-2-5-28(33-21-24)37-11-16-42-17-12-37;2*1-2/h2-5,20-23H,1,6-19H2,(H,32,40)(H,36,41);2*1-2H3. The molecule has 1 aromatic carbocycles. The molecule has 0 unspecified atom stereocenters. The van der Waals surface area contributed by atoms with Crippen LogP contribution in [0, 0.1) is 0 Å². The molecule has 3 aromatic rings. The first-order valence-corrected chi connectivity index (χ1v) is 17.5. The van der Waals surface area contributed by atoms with Crippen molar-refractivity contribution in [2.24, 2.45) is 0 Å². The van der Waals surface area contributed by atoms with E-state index in [1.165, 1.54) is 0 Å². The third kappa shape index (κ3) is 10.1. The van der Waals surface area contributed by atoms with Crippen molar-refractivity contribution in [1.29, 1.82) is 0 Å². The Labute approximate surface area is 284 Å². The van der Waals surface area contributed by atoms with Gasteiger partial charge in [-0.05, 0) is 43.5 Å². The molecule has 0 saturated carbocycles. The zero-order valence-corrected chi connectivity index (χ0v) is 28.9. The number of morpholine rings is 2. The number of aromatic nitrogens is 3. The van der Waals surface area contributed by atoms with Gasteiger partial charge in [0.2, 0.25) is 0 Å². The van der Waals surface area contributed by atoms with Crippen LogP contribution in [0.4, 0.5) is 21.1 Å². The van der Waals surface area contributed by atoms with E-state index in [0.29, 0.717) is 77.9 Å². The number of amides is 4. The molecule has 4 amide bonds. The summed E-state index contributed by atoms with van der Waals surface area (Å²) >= 11 is 0. The van der Waals surface area contributed by atoms with E-state index < -0.39 is 0 Å². The van der Waals surface area contributed by atoms with Gasteiger partial charge in [0.05, 0.1) is 56.1 Å². The van der Waals surface area contributed by atoms with Crippen molar-refractivity contribution < 1.29 is 23.8 Å². The Balaban J connectivity index is 0.00000125. The first-order chi connectivity index (χ1) is 23.6. The number of benzene rings is 1.